The number of aromatic nitrogens is 2. The van der Waals surface area contributed by atoms with Gasteiger partial charge in [0.15, 0.2) is 11.5 Å². The second kappa shape index (κ2) is 9.75. The van der Waals surface area contributed by atoms with E-state index in [1.165, 1.54) is 0 Å². The fourth-order valence-electron chi connectivity index (χ4n) is 3.78. The number of nitriles is 1. The minimum atomic E-state index is -0.290. The SMILES string of the molecule is CC(C)(CNC(=O)NCCCc1nn(-c2ccccc2)c(N)c1C#N)c1ccc2c(c1)OCO2. The molecule has 0 atom stereocenters. The summed E-state index contributed by atoms with van der Waals surface area (Å²) in [5, 5.41) is 19.8. The first-order valence-electron chi connectivity index (χ1n) is 11.1. The van der Waals surface area contributed by atoms with E-state index in [9.17, 15) is 10.1 Å². The molecule has 0 unspecified atom stereocenters. The quantitative estimate of drug-likeness (QED) is 0.443. The van der Waals surface area contributed by atoms with Gasteiger partial charge in [-0.25, -0.2) is 9.48 Å². The second-order valence-electron chi connectivity index (χ2n) is 8.73. The number of rotatable bonds is 8. The third-order valence-electron chi connectivity index (χ3n) is 5.83. The number of carbonyl (C=O) groups is 1. The maximum absolute atomic E-state index is 12.3. The molecule has 4 rings (SSSR count). The van der Waals surface area contributed by atoms with Gasteiger partial charge in [0.2, 0.25) is 6.79 Å². The van der Waals surface area contributed by atoms with Gasteiger partial charge in [-0.2, -0.15) is 10.4 Å². The molecule has 3 aromatic rings. The Bertz CT molecular complexity index is 1210. The van der Waals surface area contributed by atoms with Gasteiger partial charge in [0.1, 0.15) is 17.5 Å². The van der Waals surface area contributed by atoms with Crippen LogP contribution in [0.5, 0.6) is 11.5 Å². The lowest BCUT2D eigenvalue weighted by molar-refractivity contribution is 0.174. The summed E-state index contributed by atoms with van der Waals surface area (Å²) in [5.74, 6) is 1.78. The highest BCUT2D eigenvalue weighted by atomic mass is 16.7. The Kier molecular flexibility index (Phi) is 6.59. The van der Waals surface area contributed by atoms with Gasteiger partial charge in [0.25, 0.3) is 0 Å². The van der Waals surface area contributed by atoms with Crippen LogP contribution in [0.15, 0.2) is 48.5 Å². The number of carbonyl (C=O) groups excluding carboxylic acids is 1. The van der Waals surface area contributed by atoms with Crippen molar-refractivity contribution in [3.05, 3.63) is 65.4 Å². The number of amides is 2. The first-order chi connectivity index (χ1) is 16.4. The minimum Gasteiger partial charge on any atom is -0.454 e. The molecule has 0 aliphatic carbocycles. The van der Waals surface area contributed by atoms with Crippen LogP contribution in [0.1, 0.15) is 37.1 Å². The zero-order valence-corrected chi connectivity index (χ0v) is 19.3. The van der Waals surface area contributed by atoms with Gasteiger partial charge in [-0.3, -0.25) is 0 Å². The zero-order valence-electron chi connectivity index (χ0n) is 19.3. The highest BCUT2D eigenvalue weighted by Crippen LogP contribution is 2.36. The van der Waals surface area contributed by atoms with Gasteiger partial charge < -0.3 is 25.8 Å². The lowest BCUT2D eigenvalue weighted by Crippen LogP contribution is -2.42. The van der Waals surface area contributed by atoms with E-state index in [-0.39, 0.29) is 18.2 Å². The number of anilines is 1. The number of nitrogens with zero attached hydrogens (tertiary/aromatic N) is 3. The van der Waals surface area contributed by atoms with Crippen molar-refractivity contribution in [2.45, 2.75) is 32.1 Å². The topological polar surface area (TPSA) is 127 Å². The van der Waals surface area contributed by atoms with Gasteiger partial charge in [-0.1, -0.05) is 38.1 Å². The van der Waals surface area contributed by atoms with Crippen molar-refractivity contribution in [2.75, 3.05) is 25.6 Å². The van der Waals surface area contributed by atoms with E-state index < -0.39 is 0 Å². The van der Waals surface area contributed by atoms with Gasteiger partial charge in [0, 0.05) is 18.5 Å². The van der Waals surface area contributed by atoms with Gasteiger partial charge in [-0.15, -0.1) is 0 Å². The molecule has 9 nitrogen and oxygen atoms in total. The Morgan fingerprint density at radius 1 is 1.18 bits per heavy atom. The molecule has 1 aliphatic heterocycles. The molecule has 176 valence electrons. The molecule has 0 saturated heterocycles. The van der Waals surface area contributed by atoms with Crippen LogP contribution in [-0.4, -0.2) is 35.7 Å². The van der Waals surface area contributed by atoms with Crippen molar-refractivity contribution < 1.29 is 14.3 Å². The molecule has 0 radical (unpaired) electrons. The van der Waals surface area contributed by atoms with E-state index in [0.29, 0.717) is 43.0 Å². The summed E-state index contributed by atoms with van der Waals surface area (Å²) in [6.45, 7) is 5.24. The third kappa shape index (κ3) is 4.91. The van der Waals surface area contributed by atoms with Gasteiger partial charge >= 0.3 is 6.03 Å². The Morgan fingerprint density at radius 3 is 2.71 bits per heavy atom. The average molecular weight is 461 g/mol. The summed E-state index contributed by atoms with van der Waals surface area (Å²) in [6.07, 6.45) is 1.15. The molecule has 0 fully saturated rings. The van der Waals surface area contributed by atoms with Crippen LogP contribution in [0.4, 0.5) is 10.6 Å². The number of nitrogens with two attached hydrogens (primary N) is 1. The Hall–Kier alpha value is -4.19. The summed E-state index contributed by atoms with van der Waals surface area (Å²) >= 11 is 0. The van der Waals surface area contributed by atoms with E-state index in [1.807, 2.05) is 48.5 Å². The first kappa shape index (κ1) is 23.0. The molecular formula is C25H28N6O3. The Morgan fingerprint density at radius 2 is 1.94 bits per heavy atom. The summed E-state index contributed by atoms with van der Waals surface area (Å²) in [7, 11) is 0. The van der Waals surface area contributed by atoms with Crippen LogP contribution in [0.25, 0.3) is 5.69 Å². The number of nitrogen functional groups attached to an aromatic ring is 1. The molecule has 34 heavy (non-hydrogen) atoms. The van der Waals surface area contributed by atoms with Crippen molar-refractivity contribution in [3.8, 4) is 23.3 Å². The van der Waals surface area contributed by atoms with Crippen molar-refractivity contribution in [2.24, 2.45) is 0 Å². The van der Waals surface area contributed by atoms with Crippen LogP contribution in [0.3, 0.4) is 0 Å². The number of para-hydroxylation sites is 1. The minimum absolute atomic E-state index is 0.231. The molecule has 2 heterocycles. The van der Waals surface area contributed by atoms with Crippen molar-refractivity contribution in [1.82, 2.24) is 20.4 Å². The zero-order chi connectivity index (χ0) is 24.1. The monoisotopic (exact) mass is 460 g/mol. The van der Waals surface area contributed by atoms with E-state index in [2.05, 4.69) is 35.6 Å². The van der Waals surface area contributed by atoms with E-state index in [1.54, 1.807) is 4.68 Å². The molecule has 2 amide bonds. The largest absolute Gasteiger partial charge is 0.454 e. The molecular weight excluding hydrogens is 432 g/mol. The summed E-state index contributed by atoms with van der Waals surface area (Å²) in [5.41, 5.74) is 8.69. The van der Waals surface area contributed by atoms with E-state index >= 15 is 0 Å². The molecule has 1 aromatic heterocycles. The van der Waals surface area contributed by atoms with E-state index in [4.69, 9.17) is 15.2 Å². The van der Waals surface area contributed by atoms with Crippen LogP contribution in [0, 0.1) is 11.3 Å². The van der Waals surface area contributed by atoms with Crippen LogP contribution >= 0.6 is 0 Å². The molecule has 9 heteroatoms. The lowest BCUT2D eigenvalue weighted by Gasteiger charge is -2.26. The summed E-state index contributed by atoms with van der Waals surface area (Å²) in [4.78, 5) is 12.3. The standard InChI is InChI=1S/C25H28N6O3/c1-25(2,17-10-11-21-22(13-17)34-16-33-21)15-29-24(32)28-12-6-9-20-19(14-26)23(27)31(30-20)18-7-4-3-5-8-18/h3-5,7-8,10-11,13H,6,9,12,15-16,27H2,1-2H3,(H2,28,29,32). The average Bonchev–Trinajstić information content (AvgIpc) is 3.44. The number of ether oxygens (including phenoxy) is 2. The van der Waals surface area contributed by atoms with Crippen LogP contribution in [0.2, 0.25) is 0 Å². The number of urea groups is 1. The molecule has 1 aliphatic rings. The Balaban J connectivity index is 1.27. The normalized spacial score (nSPS) is 12.3. The Labute approximate surface area is 198 Å². The molecule has 2 aromatic carbocycles. The highest BCUT2D eigenvalue weighted by molar-refractivity contribution is 5.74. The molecule has 0 bridgehead atoms. The van der Waals surface area contributed by atoms with Crippen molar-refractivity contribution >= 4 is 11.8 Å². The number of hydrogen-bond donors (Lipinski definition) is 3. The highest BCUT2D eigenvalue weighted by Gasteiger charge is 2.24. The maximum Gasteiger partial charge on any atom is 0.314 e. The number of hydrogen-bond acceptors (Lipinski definition) is 6. The van der Waals surface area contributed by atoms with Gasteiger partial charge in [-0.05, 0) is 42.7 Å². The van der Waals surface area contributed by atoms with Crippen LogP contribution < -0.4 is 25.8 Å². The van der Waals surface area contributed by atoms with Crippen molar-refractivity contribution in [3.63, 3.8) is 0 Å². The lowest BCUT2D eigenvalue weighted by atomic mass is 9.84. The molecule has 0 saturated carbocycles. The third-order valence-corrected chi connectivity index (χ3v) is 5.83. The summed E-state index contributed by atoms with van der Waals surface area (Å²) < 4.78 is 12.4. The number of aryl methyl sites for hydroxylation is 1. The fourth-order valence-corrected chi connectivity index (χ4v) is 3.78. The van der Waals surface area contributed by atoms with Gasteiger partial charge in [0.05, 0.1) is 11.4 Å². The second-order valence-corrected chi connectivity index (χ2v) is 8.73. The number of benzene rings is 2. The maximum atomic E-state index is 12.3. The predicted octanol–water partition coefficient (Wildman–Crippen LogP) is 3.26. The number of nitrogens with one attached hydrogen (secondary N) is 2. The summed E-state index contributed by atoms with van der Waals surface area (Å²) in [6, 6.07) is 17.2. The fraction of sp³-hybridized carbons (Fsp3) is 0.320. The van der Waals surface area contributed by atoms with E-state index in [0.717, 1.165) is 22.7 Å². The van der Waals surface area contributed by atoms with Crippen LogP contribution in [-0.2, 0) is 11.8 Å². The van der Waals surface area contributed by atoms with Crippen molar-refractivity contribution in [1.29, 1.82) is 5.26 Å². The predicted molar refractivity (Wildman–Crippen MR) is 128 cm³/mol. The molecule has 0 spiro atoms. The molecule has 4 N–H and O–H groups in total. The first-order valence-corrected chi connectivity index (χ1v) is 11.1. The number of fused-ring (bicyclic) bond motifs is 1. The smallest absolute Gasteiger partial charge is 0.314 e.